The van der Waals surface area contributed by atoms with Gasteiger partial charge in [0.1, 0.15) is 12.7 Å². The summed E-state index contributed by atoms with van der Waals surface area (Å²) in [5.74, 6) is -2.87. The molecular weight excluding hydrogens is 328 g/mol. The Balaban J connectivity index is 3.11. The molecule has 0 aromatic carbocycles. The summed E-state index contributed by atoms with van der Waals surface area (Å²) in [6.07, 6.45) is -6.79. The van der Waals surface area contributed by atoms with Gasteiger partial charge in [-0.2, -0.15) is 0 Å². The third-order valence-electron chi connectivity index (χ3n) is 2.97. The van der Waals surface area contributed by atoms with Gasteiger partial charge in [0, 0.05) is 27.7 Å². The largest absolute Gasteiger partial charge is 0.463 e. The van der Waals surface area contributed by atoms with Crippen LogP contribution in [0.1, 0.15) is 27.7 Å². The Morgan fingerprint density at radius 1 is 0.792 bits per heavy atom. The molecule has 0 aromatic rings. The molecule has 1 aliphatic heterocycles. The van der Waals surface area contributed by atoms with Gasteiger partial charge in [-0.05, 0) is 0 Å². The Morgan fingerprint density at radius 3 is 1.71 bits per heavy atom. The van der Waals surface area contributed by atoms with Gasteiger partial charge in [-0.15, -0.1) is 0 Å². The third kappa shape index (κ3) is 5.78. The number of carbonyl (C=O) groups is 4. The lowest BCUT2D eigenvalue weighted by Crippen LogP contribution is -2.62. The van der Waals surface area contributed by atoms with Crippen molar-refractivity contribution in [2.24, 2.45) is 0 Å². The summed E-state index contributed by atoms with van der Waals surface area (Å²) in [6, 6.07) is 0. The topological polar surface area (TPSA) is 135 Å². The van der Waals surface area contributed by atoms with Crippen LogP contribution < -0.4 is 0 Å². The van der Waals surface area contributed by atoms with Crippen molar-refractivity contribution in [1.29, 1.82) is 0 Å². The molecule has 1 N–H and O–H groups in total. The maximum absolute atomic E-state index is 11.3. The zero-order chi connectivity index (χ0) is 18.4. The molecule has 1 heterocycles. The molecule has 0 bridgehead atoms. The van der Waals surface area contributed by atoms with Crippen molar-refractivity contribution in [1.82, 2.24) is 0 Å². The predicted molar refractivity (Wildman–Crippen MR) is 74.2 cm³/mol. The molecule has 136 valence electrons. The second-order valence-electron chi connectivity index (χ2n) is 5.09. The van der Waals surface area contributed by atoms with Crippen molar-refractivity contribution in [2.75, 3.05) is 6.61 Å². The van der Waals surface area contributed by atoms with Gasteiger partial charge in [0.2, 0.25) is 0 Å². The Kier molecular flexibility index (Phi) is 7.11. The highest BCUT2D eigenvalue weighted by molar-refractivity contribution is 5.68. The molecule has 10 nitrogen and oxygen atoms in total. The lowest BCUT2D eigenvalue weighted by molar-refractivity contribution is -0.296. The Morgan fingerprint density at radius 2 is 1.25 bits per heavy atom. The van der Waals surface area contributed by atoms with Crippen molar-refractivity contribution in [2.45, 2.75) is 58.4 Å². The number of carbonyl (C=O) groups excluding carboxylic acids is 4. The predicted octanol–water partition coefficient (Wildman–Crippen LogP) is -0.938. The van der Waals surface area contributed by atoms with Crippen LogP contribution in [0.2, 0.25) is 0 Å². The van der Waals surface area contributed by atoms with Gasteiger partial charge >= 0.3 is 23.9 Å². The van der Waals surface area contributed by atoms with E-state index in [0.29, 0.717) is 0 Å². The van der Waals surface area contributed by atoms with Gasteiger partial charge in [-0.1, -0.05) is 0 Å². The second-order valence-corrected chi connectivity index (χ2v) is 5.09. The molecule has 0 aromatic heterocycles. The van der Waals surface area contributed by atoms with Gasteiger partial charge in [-0.25, -0.2) is 0 Å². The minimum Gasteiger partial charge on any atom is -0.463 e. The first-order chi connectivity index (χ1) is 11.1. The number of esters is 4. The highest BCUT2D eigenvalue weighted by atomic mass is 16.7. The zero-order valence-corrected chi connectivity index (χ0v) is 13.7. The van der Waals surface area contributed by atoms with Crippen molar-refractivity contribution in [3.8, 4) is 0 Å². The first-order valence-corrected chi connectivity index (χ1v) is 7.10. The van der Waals surface area contributed by atoms with Crippen LogP contribution in [-0.4, -0.2) is 66.3 Å². The number of ether oxygens (including phenoxy) is 5. The third-order valence-corrected chi connectivity index (χ3v) is 2.97. The van der Waals surface area contributed by atoms with E-state index in [1.807, 2.05) is 0 Å². The summed E-state index contributed by atoms with van der Waals surface area (Å²) in [6.45, 7) is 4.09. The second kappa shape index (κ2) is 8.60. The standard InChI is InChI=1S/C14H20O10/c1-6(15)20-5-10-11(21-7(2)16)12(22-8(3)17)13(14(19)24-10)23-9(4)18/h10-14,19H,5H2,1-4H3/t10?,11-,12+,13?,14?/m1/s1. The van der Waals surface area contributed by atoms with Gasteiger partial charge in [0.05, 0.1) is 0 Å². The van der Waals surface area contributed by atoms with E-state index < -0.39 is 54.6 Å². The maximum Gasteiger partial charge on any atom is 0.303 e. The van der Waals surface area contributed by atoms with E-state index in [9.17, 15) is 24.3 Å². The number of aliphatic hydroxyl groups is 1. The van der Waals surface area contributed by atoms with Crippen LogP contribution >= 0.6 is 0 Å². The highest BCUT2D eigenvalue weighted by Gasteiger charge is 2.51. The average molecular weight is 348 g/mol. The molecule has 0 spiro atoms. The molecule has 3 unspecified atom stereocenters. The van der Waals surface area contributed by atoms with Gasteiger partial charge in [0.25, 0.3) is 0 Å². The van der Waals surface area contributed by atoms with Crippen LogP contribution in [0.4, 0.5) is 0 Å². The molecule has 5 atom stereocenters. The van der Waals surface area contributed by atoms with Crippen LogP contribution in [-0.2, 0) is 42.9 Å². The molecule has 1 aliphatic rings. The lowest BCUT2D eigenvalue weighted by Gasteiger charge is -2.42. The summed E-state index contributed by atoms with van der Waals surface area (Å²) >= 11 is 0. The van der Waals surface area contributed by atoms with Crippen molar-refractivity contribution in [3.63, 3.8) is 0 Å². The van der Waals surface area contributed by atoms with Crippen LogP contribution in [0.5, 0.6) is 0 Å². The molecule has 1 saturated heterocycles. The summed E-state index contributed by atoms with van der Waals surface area (Å²) in [4.78, 5) is 44.9. The molecule has 0 saturated carbocycles. The van der Waals surface area contributed by atoms with E-state index in [0.717, 1.165) is 27.7 Å². The van der Waals surface area contributed by atoms with Crippen LogP contribution in [0.3, 0.4) is 0 Å². The minimum absolute atomic E-state index is 0.366. The molecule has 0 aliphatic carbocycles. The summed E-state index contributed by atoms with van der Waals surface area (Å²) in [5.41, 5.74) is 0. The molecule has 0 radical (unpaired) electrons. The molecule has 24 heavy (non-hydrogen) atoms. The van der Waals surface area contributed by atoms with Crippen molar-refractivity contribution < 1.29 is 48.0 Å². The Hall–Kier alpha value is -2.20. The molecular formula is C14H20O10. The SMILES string of the molecule is CC(=O)OCC1OC(O)C(OC(C)=O)[C@@H](OC(C)=O)[C@@H]1OC(C)=O. The molecule has 0 amide bonds. The van der Waals surface area contributed by atoms with E-state index in [1.54, 1.807) is 0 Å². The lowest BCUT2D eigenvalue weighted by atomic mass is 9.98. The quantitative estimate of drug-likeness (QED) is 0.490. The van der Waals surface area contributed by atoms with Gasteiger partial charge in [0.15, 0.2) is 24.6 Å². The van der Waals surface area contributed by atoms with Crippen molar-refractivity contribution in [3.05, 3.63) is 0 Å². The summed E-state index contributed by atoms with van der Waals surface area (Å²) in [7, 11) is 0. The first kappa shape index (κ1) is 19.8. The monoisotopic (exact) mass is 348 g/mol. The maximum atomic E-state index is 11.3. The molecule has 1 fully saturated rings. The van der Waals surface area contributed by atoms with E-state index in [1.165, 1.54) is 0 Å². The fourth-order valence-electron chi connectivity index (χ4n) is 2.21. The van der Waals surface area contributed by atoms with Crippen LogP contribution in [0, 0.1) is 0 Å². The average Bonchev–Trinajstić information content (AvgIpc) is 2.42. The first-order valence-electron chi connectivity index (χ1n) is 7.10. The van der Waals surface area contributed by atoms with E-state index in [4.69, 9.17) is 23.7 Å². The van der Waals surface area contributed by atoms with E-state index in [-0.39, 0.29) is 6.61 Å². The van der Waals surface area contributed by atoms with Gasteiger partial charge < -0.3 is 28.8 Å². The number of aliphatic hydroxyl groups excluding tert-OH is 1. The molecule has 10 heteroatoms. The van der Waals surface area contributed by atoms with E-state index >= 15 is 0 Å². The molecule has 1 rings (SSSR count). The number of hydrogen-bond acceptors (Lipinski definition) is 10. The van der Waals surface area contributed by atoms with Crippen LogP contribution in [0.25, 0.3) is 0 Å². The number of rotatable bonds is 5. The number of hydrogen-bond donors (Lipinski definition) is 1. The van der Waals surface area contributed by atoms with Crippen molar-refractivity contribution >= 4 is 23.9 Å². The fraction of sp³-hybridized carbons (Fsp3) is 0.714. The zero-order valence-electron chi connectivity index (χ0n) is 13.7. The minimum atomic E-state index is -1.68. The fourth-order valence-corrected chi connectivity index (χ4v) is 2.21. The Bertz CT molecular complexity index is 502. The smallest absolute Gasteiger partial charge is 0.303 e. The van der Waals surface area contributed by atoms with E-state index in [2.05, 4.69) is 0 Å². The Labute approximate surface area is 137 Å². The van der Waals surface area contributed by atoms with Gasteiger partial charge in [-0.3, -0.25) is 19.2 Å². The normalized spacial score (nSPS) is 29.3. The highest BCUT2D eigenvalue weighted by Crippen LogP contribution is 2.28. The summed E-state index contributed by atoms with van der Waals surface area (Å²) < 4.78 is 25.0. The summed E-state index contributed by atoms with van der Waals surface area (Å²) in [5, 5.41) is 10.0. The van der Waals surface area contributed by atoms with Crippen LogP contribution in [0.15, 0.2) is 0 Å².